The van der Waals surface area contributed by atoms with Crippen LogP contribution in [0.25, 0.3) is 11.2 Å². The summed E-state index contributed by atoms with van der Waals surface area (Å²) >= 11 is 6.03. The fourth-order valence-electron chi connectivity index (χ4n) is 2.38. The fraction of sp³-hybridized carbons (Fsp3) is 0.500. The Bertz CT molecular complexity index is 812. The number of nitrogens with zero attached hydrogens (tertiary/aromatic N) is 4. The predicted molar refractivity (Wildman–Crippen MR) is 78.7 cm³/mol. The Labute approximate surface area is 139 Å². The first-order valence-corrected chi connectivity index (χ1v) is 8.45. The Morgan fingerprint density at radius 1 is 1.38 bits per heavy atom. The molecule has 2 aromatic rings. The Morgan fingerprint density at radius 2 is 2.08 bits per heavy atom. The minimum atomic E-state index is -4.75. The molecule has 3 rings (SSSR count). The van der Waals surface area contributed by atoms with Gasteiger partial charge >= 0.3 is 7.82 Å². The standard InChI is InChI=1S/C10H13ClN5O7P/c11-10-15-4-7(12)13-2-14-8(4)16(10)9-6(18)5(17)3(23-9)1-22-24(19,20)21/h2-3,5-6,9,17-18H,1H2,(H2,12,13,14)(H2,19,20,21)/t3-,5?,6+,9-/m1/s1. The number of nitrogen functional groups attached to an aromatic ring is 1. The highest BCUT2D eigenvalue weighted by Gasteiger charge is 2.46. The van der Waals surface area contributed by atoms with Gasteiger partial charge in [0.05, 0.1) is 6.61 Å². The number of hydrogen-bond acceptors (Lipinski definition) is 9. The van der Waals surface area contributed by atoms with Crippen LogP contribution in [0, 0.1) is 0 Å². The lowest BCUT2D eigenvalue weighted by molar-refractivity contribution is -0.0502. The molecule has 0 spiro atoms. The van der Waals surface area contributed by atoms with Gasteiger partial charge in [-0.05, 0) is 11.6 Å². The molecule has 0 aromatic carbocycles. The van der Waals surface area contributed by atoms with Gasteiger partial charge < -0.3 is 30.5 Å². The van der Waals surface area contributed by atoms with E-state index in [9.17, 15) is 14.8 Å². The number of rotatable bonds is 4. The number of aromatic nitrogens is 4. The fourth-order valence-corrected chi connectivity index (χ4v) is 2.98. The molecule has 1 aliphatic rings. The van der Waals surface area contributed by atoms with Gasteiger partial charge in [-0.3, -0.25) is 9.09 Å². The van der Waals surface area contributed by atoms with E-state index in [0.29, 0.717) is 0 Å². The second-order valence-corrected chi connectivity index (χ2v) is 6.59. The summed E-state index contributed by atoms with van der Waals surface area (Å²) in [5, 5.41) is 20.1. The van der Waals surface area contributed by atoms with Crippen molar-refractivity contribution in [1.29, 1.82) is 0 Å². The highest BCUT2D eigenvalue weighted by Crippen LogP contribution is 2.39. The molecule has 12 nitrogen and oxygen atoms in total. The average molecular weight is 382 g/mol. The van der Waals surface area contributed by atoms with Crippen molar-refractivity contribution in [2.75, 3.05) is 12.3 Å². The average Bonchev–Trinajstić information content (AvgIpc) is 2.96. The Balaban J connectivity index is 1.92. The maximum Gasteiger partial charge on any atom is 0.469 e. The maximum absolute atomic E-state index is 10.8. The Hall–Kier alpha value is -1.37. The number of aliphatic hydroxyl groups excluding tert-OH is 2. The van der Waals surface area contributed by atoms with Crippen molar-refractivity contribution in [3.05, 3.63) is 11.6 Å². The molecule has 0 aliphatic carbocycles. The second kappa shape index (κ2) is 6.17. The quantitative estimate of drug-likeness (QED) is 0.316. The van der Waals surface area contributed by atoms with E-state index in [2.05, 4.69) is 19.5 Å². The van der Waals surface area contributed by atoms with Gasteiger partial charge in [0.15, 0.2) is 23.2 Å². The molecule has 0 radical (unpaired) electrons. The predicted octanol–water partition coefficient (Wildman–Crippen LogP) is -1.21. The molecule has 4 atom stereocenters. The van der Waals surface area contributed by atoms with Crippen molar-refractivity contribution in [3.8, 4) is 0 Å². The first kappa shape index (κ1) is 17.5. The molecule has 2 aromatic heterocycles. The normalized spacial score (nSPS) is 27.9. The number of imidazole rings is 1. The van der Waals surface area contributed by atoms with Gasteiger partial charge in [0.1, 0.15) is 24.6 Å². The third kappa shape index (κ3) is 3.10. The van der Waals surface area contributed by atoms with Crippen LogP contribution in [0.2, 0.25) is 5.28 Å². The largest absolute Gasteiger partial charge is 0.469 e. The number of phosphoric ester groups is 1. The number of ether oxygens (including phenoxy) is 1. The number of hydrogen-bond donors (Lipinski definition) is 5. The molecule has 1 aliphatic heterocycles. The summed E-state index contributed by atoms with van der Waals surface area (Å²) in [7, 11) is -4.75. The number of fused-ring (bicyclic) bond motifs is 1. The van der Waals surface area contributed by atoms with Crippen molar-refractivity contribution in [2.45, 2.75) is 24.5 Å². The smallest absolute Gasteiger partial charge is 0.387 e. The van der Waals surface area contributed by atoms with Gasteiger partial charge in [0.25, 0.3) is 0 Å². The van der Waals surface area contributed by atoms with Gasteiger partial charge in [-0.25, -0.2) is 19.5 Å². The molecular weight excluding hydrogens is 369 g/mol. The van der Waals surface area contributed by atoms with Crippen molar-refractivity contribution in [1.82, 2.24) is 19.5 Å². The van der Waals surface area contributed by atoms with Crippen LogP contribution >= 0.6 is 19.4 Å². The molecule has 0 saturated carbocycles. The highest BCUT2D eigenvalue weighted by atomic mass is 35.5. The topological polar surface area (TPSA) is 186 Å². The molecule has 6 N–H and O–H groups in total. The minimum Gasteiger partial charge on any atom is -0.387 e. The van der Waals surface area contributed by atoms with Crippen LogP contribution in [-0.4, -0.2) is 64.4 Å². The lowest BCUT2D eigenvalue weighted by Gasteiger charge is -2.17. The molecule has 0 bridgehead atoms. The van der Waals surface area contributed by atoms with Crippen LogP contribution in [0.4, 0.5) is 5.82 Å². The summed E-state index contributed by atoms with van der Waals surface area (Å²) in [6.45, 7) is -0.639. The number of halogens is 1. The molecule has 1 fully saturated rings. The molecule has 1 saturated heterocycles. The van der Waals surface area contributed by atoms with Crippen LogP contribution in [0.3, 0.4) is 0 Å². The molecule has 3 heterocycles. The van der Waals surface area contributed by atoms with Gasteiger partial charge in [0.2, 0.25) is 5.28 Å². The third-order valence-corrected chi connectivity index (χ3v) is 4.21. The Morgan fingerprint density at radius 3 is 2.75 bits per heavy atom. The van der Waals surface area contributed by atoms with Crippen molar-refractivity contribution >= 4 is 36.4 Å². The van der Waals surface area contributed by atoms with E-state index >= 15 is 0 Å². The van der Waals surface area contributed by atoms with Crippen LogP contribution < -0.4 is 5.73 Å². The zero-order valence-corrected chi connectivity index (χ0v) is 13.4. The number of phosphoric acid groups is 1. The zero-order valence-electron chi connectivity index (χ0n) is 11.8. The summed E-state index contributed by atoms with van der Waals surface area (Å²) in [5.41, 5.74) is 6.03. The Kier molecular flexibility index (Phi) is 4.49. The first-order valence-electron chi connectivity index (χ1n) is 6.54. The van der Waals surface area contributed by atoms with Gasteiger partial charge in [-0.15, -0.1) is 0 Å². The monoisotopic (exact) mass is 381 g/mol. The van der Waals surface area contributed by atoms with Crippen molar-refractivity contribution in [2.24, 2.45) is 0 Å². The van der Waals surface area contributed by atoms with E-state index in [1.165, 1.54) is 4.57 Å². The summed E-state index contributed by atoms with van der Waals surface area (Å²) in [5.74, 6) is 0.0649. The lowest BCUT2D eigenvalue weighted by atomic mass is 10.1. The molecule has 1 unspecified atom stereocenters. The summed E-state index contributed by atoms with van der Waals surface area (Å²) in [4.78, 5) is 29.2. The van der Waals surface area contributed by atoms with Crippen molar-refractivity contribution < 1.29 is 33.8 Å². The second-order valence-electron chi connectivity index (χ2n) is 5.01. The minimum absolute atomic E-state index is 0.0649. The molecule has 24 heavy (non-hydrogen) atoms. The van der Waals surface area contributed by atoms with E-state index < -0.39 is 39.0 Å². The van der Waals surface area contributed by atoms with Gasteiger partial charge in [-0.1, -0.05) is 0 Å². The number of anilines is 1. The third-order valence-electron chi connectivity index (χ3n) is 3.46. The van der Waals surface area contributed by atoms with Crippen LogP contribution in [0.15, 0.2) is 6.33 Å². The number of nitrogens with two attached hydrogens (primary N) is 1. The number of aliphatic hydroxyl groups is 2. The van der Waals surface area contributed by atoms with Crippen molar-refractivity contribution in [3.63, 3.8) is 0 Å². The van der Waals surface area contributed by atoms with Crippen LogP contribution in [-0.2, 0) is 13.8 Å². The molecule has 14 heteroatoms. The van der Waals surface area contributed by atoms with E-state index in [1.54, 1.807) is 0 Å². The van der Waals surface area contributed by atoms with Gasteiger partial charge in [-0.2, -0.15) is 0 Å². The van der Waals surface area contributed by atoms with E-state index in [0.717, 1.165) is 6.33 Å². The van der Waals surface area contributed by atoms with E-state index in [4.69, 9.17) is 31.9 Å². The molecule has 0 amide bonds. The van der Waals surface area contributed by atoms with Crippen LogP contribution in [0.1, 0.15) is 6.23 Å². The van der Waals surface area contributed by atoms with E-state index in [1.807, 2.05) is 0 Å². The van der Waals surface area contributed by atoms with E-state index in [-0.39, 0.29) is 22.3 Å². The highest BCUT2D eigenvalue weighted by molar-refractivity contribution is 7.46. The summed E-state index contributed by atoms with van der Waals surface area (Å²) in [6, 6.07) is 0. The SMILES string of the molecule is Nc1ncnc2c1nc(Cl)n2[C@@H]1O[C@H](COP(=O)(O)O)C(O)[C@@H]1O. The zero-order chi connectivity index (χ0) is 17.6. The summed E-state index contributed by atoms with van der Waals surface area (Å²) < 4.78 is 21.7. The van der Waals surface area contributed by atoms with Gasteiger partial charge in [0, 0.05) is 0 Å². The molecule has 132 valence electrons. The lowest BCUT2D eigenvalue weighted by Crippen LogP contribution is -2.33. The first-order chi connectivity index (χ1) is 11.2. The van der Waals surface area contributed by atoms with Crippen LogP contribution in [0.5, 0.6) is 0 Å². The maximum atomic E-state index is 10.8. The summed E-state index contributed by atoms with van der Waals surface area (Å²) in [6.07, 6.45) is -4.20. The molecular formula is C10H13ClN5O7P.